The Hall–Kier alpha value is -2.15. The molecule has 3 aromatic rings. The Balaban J connectivity index is 1.96. The van der Waals surface area contributed by atoms with E-state index in [2.05, 4.69) is 15.2 Å². The van der Waals surface area contributed by atoms with Gasteiger partial charge in [-0.1, -0.05) is 12.1 Å². The Morgan fingerprint density at radius 2 is 1.81 bits per heavy atom. The van der Waals surface area contributed by atoms with Crippen LogP contribution in [0.25, 0.3) is 21.1 Å². The van der Waals surface area contributed by atoms with Crippen LogP contribution in [0.2, 0.25) is 0 Å². The van der Waals surface area contributed by atoms with Crippen LogP contribution in [-0.2, 0) is 6.18 Å². The molecule has 0 unspecified atom stereocenters. The maximum Gasteiger partial charge on any atom is 0.416 e. The highest BCUT2D eigenvalue weighted by atomic mass is 32.1. The Morgan fingerprint density at radius 1 is 1.10 bits per heavy atom. The van der Waals surface area contributed by atoms with E-state index in [0.29, 0.717) is 10.6 Å². The minimum absolute atomic E-state index is 0.659. The van der Waals surface area contributed by atoms with Crippen molar-refractivity contribution < 1.29 is 13.2 Å². The zero-order valence-electron chi connectivity index (χ0n) is 10.9. The summed E-state index contributed by atoms with van der Waals surface area (Å²) in [6.07, 6.45) is -2.68. The van der Waals surface area contributed by atoms with E-state index in [0.717, 1.165) is 28.4 Å². The Bertz CT molecular complexity index is 743. The molecule has 0 fully saturated rings. The number of hydrogen-bond acceptors (Lipinski definition) is 3. The maximum atomic E-state index is 12.6. The van der Waals surface area contributed by atoms with Crippen LogP contribution in [0.1, 0.15) is 11.3 Å². The molecular weight excluding hydrogens is 299 g/mol. The van der Waals surface area contributed by atoms with Gasteiger partial charge in [-0.25, -0.2) is 4.98 Å². The first-order valence-corrected chi connectivity index (χ1v) is 6.91. The van der Waals surface area contributed by atoms with Gasteiger partial charge in [-0.05, 0) is 25.1 Å². The molecule has 1 aromatic carbocycles. The second-order valence-electron chi connectivity index (χ2n) is 4.48. The van der Waals surface area contributed by atoms with Crippen LogP contribution in [0.5, 0.6) is 0 Å². The van der Waals surface area contributed by atoms with E-state index >= 15 is 0 Å². The van der Waals surface area contributed by atoms with Gasteiger partial charge in [0.05, 0.1) is 21.8 Å². The molecule has 2 aromatic heterocycles. The molecule has 2 heterocycles. The average Bonchev–Trinajstić information content (AvgIpc) is 3.07. The Morgan fingerprint density at radius 3 is 2.38 bits per heavy atom. The Labute approximate surface area is 122 Å². The van der Waals surface area contributed by atoms with E-state index in [4.69, 9.17) is 0 Å². The number of rotatable bonds is 2. The molecule has 0 atom stereocenters. The van der Waals surface area contributed by atoms with E-state index < -0.39 is 11.7 Å². The monoisotopic (exact) mass is 309 g/mol. The van der Waals surface area contributed by atoms with Crippen molar-refractivity contribution in [3.63, 3.8) is 0 Å². The number of halogens is 3. The molecule has 108 valence electrons. The van der Waals surface area contributed by atoms with Crippen molar-refractivity contribution in [2.75, 3.05) is 0 Å². The standard InChI is InChI=1S/C14H10F3N3S/c1-8-12(11-6-7-18-20-11)21-13(19-8)9-2-4-10(5-3-9)14(15,16)17/h2-7H,1H3,(H,18,20). The lowest BCUT2D eigenvalue weighted by Crippen LogP contribution is -2.03. The molecule has 0 aliphatic heterocycles. The molecule has 0 aliphatic rings. The molecule has 0 spiro atoms. The van der Waals surface area contributed by atoms with Crippen LogP contribution in [-0.4, -0.2) is 15.2 Å². The summed E-state index contributed by atoms with van der Waals surface area (Å²) in [6.45, 7) is 1.86. The first-order valence-electron chi connectivity index (χ1n) is 6.10. The van der Waals surface area contributed by atoms with Gasteiger partial charge >= 0.3 is 6.18 Å². The van der Waals surface area contributed by atoms with Gasteiger partial charge in [-0.3, -0.25) is 5.10 Å². The number of alkyl halides is 3. The van der Waals surface area contributed by atoms with Gasteiger partial charge in [0, 0.05) is 11.8 Å². The highest BCUT2D eigenvalue weighted by Gasteiger charge is 2.30. The number of nitrogens with one attached hydrogen (secondary N) is 1. The van der Waals surface area contributed by atoms with E-state index in [9.17, 15) is 13.2 Å². The molecule has 3 rings (SSSR count). The lowest BCUT2D eigenvalue weighted by molar-refractivity contribution is -0.137. The number of hydrogen-bond donors (Lipinski definition) is 1. The molecule has 0 aliphatic carbocycles. The zero-order valence-corrected chi connectivity index (χ0v) is 11.7. The Kier molecular flexibility index (Phi) is 3.29. The zero-order chi connectivity index (χ0) is 15.0. The quantitative estimate of drug-likeness (QED) is 0.756. The van der Waals surface area contributed by atoms with Crippen LogP contribution >= 0.6 is 11.3 Å². The third-order valence-corrected chi connectivity index (χ3v) is 4.24. The predicted octanol–water partition coefficient (Wildman–Crippen LogP) is 4.53. The first kappa shape index (κ1) is 13.8. The second-order valence-corrected chi connectivity index (χ2v) is 5.48. The average molecular weight is 309 g/mol. The van der Waals surface area contributed by atoms with Gasteiger partial charge in [-0.2, -0.15) is 18.3 Å². The predicted molar refractivity (Wildman–Crippen MR) is 74.9 cm³/mol. The van der Waals surface area contributed by atoms with Crippen molar-refractivity contribution in [3.05, 3.63) is 47.8 Å². The molecule has 7 heteroatoms. The number of aryl methyl sites for hydroxylation is 1. The highest BCUT2D eigenvalue weighted by Crippen LogP contribution is 2.35. The highest BCUT2D eigenvalue weighted by molar-refractivity contribution is 7.18. The molecule has 0 saturated carbocycles. The lowest BCUT2D eigenvalue weighted by Gasteiger charge is -2.06. The van der Waals surface area contributed by atoms with Crippen molar-refractivity contribution in [3.8, 4) is 21.1 Å². The third-order valence-electron chi connectivity index (χ3n) is 3.00. The molecule has 0 saturated heterocycles. The maximum absolute atomic E-state index is 12.6. The minimum Gasteiger partial charge on any atom is -0.277 e. The van der Waals surface area contributed by atoms with Gasteiger partial charge in [0.1, 0.15) is 5.01 Å². The van der Waals surface area contributed by atoms with Crippen molar-refractivity contribution in [1.29, 1.82) is 0 Å². The van der Waals surface area contributed by atoms with E-state index in [1.54, 1.807) is 6.20 Å². The van der Waals surface area contributed by atoms with E-state index in [1.807, 2.05) is 13.0 Å². The first-order chi connectivity index (χ1) is 9.95. The van der Waals surface area contributed by atoms with Crippen LogP contribution in [0.4, 0.5) is 13.2 Å². The smallest absolute Gasteiger partial charge is 0.277 e. The molecular formula is C14H10F3N3S. The summed E-state index contributed by atoms with van der Waals surface area (Å²) in [4.78, 5) is 5.35. The summed E-state index contributed by atoms with van der Waals surface area (Å²) >= 11 is 1.42. The fourth-order valence-electron chi connectivity index (χ4n) is 1.95. The van der Waals surface area contributed by atoms with Crippen molar-refractivity contribution in [2.24, 2.45) is 0 Å². The number of aromatic nitrogens is 3. The van der Waals surface area contributed by atoms with Gasteiger partial charge in [0.2, 0.25) is 0 Å². The lowest BCUT2D eigenvalue weighted by atomic mass is 10.1. The number of benzene rings is 1. The minimum atomic E-state index is -4.32. The summed E-state index contributed by atoms with van der Waals surface area (Å²) in [7, 11) is 0. The van der Waals surface area contributed by atoms with E-state index in [1.165, 1.54) is 23.5 Å². The molecule has 1 N–H and O–H groups in total. The SMILES string of the molecule is Cc1nc(-c2ccc(C(F)(F)F)cc2)sc1-c1ccn[nH]1. The number of nitrogens with zero attached hydrogens (tertiary/aromatic N) is 2. The summed E-state index contributed by atoms with van der Waals surface area (Å²) < 4.78 is 37.7. The fourth-order valence-corrected chi connectivity index (χ4v) is 3.00. The summed E-state index contributed by atoms with van der Waals surface area (Å²) in [6, 6.07) is 6.86. The van der Waals surface area contributed by atoms with Gasteiger partial charge < -0.3 is 0 Å². The van der Waals surface area contributed by atoms with Crippen LogP contribution in [0.3, 0.4) is 0 Å². The molecule has 0 radical (unpaired) electrons. The van der Waals surface area contributed by atoms with Gasteiger partial charge in [0.15, 0.2) is 0 Å². The van der Waals surface area contributed by atoms with Crippen molar-refractivity contribution in [2.45, 2.75) is 13.1 Å². The number of aromatic amines is 1. The van der Waals surface area contributed by atoms with Crippen LogP contribution in [0, 0.1) is 6.92 Å². The van der Waals surface area contributed by atoms with Gasteiger partial charge in [0.25, 0.3) is 0 Å². The van der Waals surface area contributed by atoms with Crippen LogP contribution in [0.15, 0.2) is 36.5 Å². The second kappa shape index (κ2) is 5.00. The largest absolute Gasteiger partial charge is 0.416 e. The van der Waals surface area contributed by atoms with Crippen LogP contribution < -0.4 is 0 Å². The summed E-state index contributed by atoms with van der Waals surface area (Å²) in [5.41, 5.74) is 1.68. The summed E-state index contributed by atoms with van der Waals surface area (Å²) in [5, 5.41) is 7.43. The normalized spacial score (nSPS) is 11.8. The van der Waals surface area contributed by atoms with E-state index in [-0.39, 0.29) is 0 Å². The molecule has 21 heavy (non-hydrogen) atoms. The van der Waals surface area contributed by atoms with Gasteiger partial charge in [-0.15, -0.1) is 11.3 Å². The van der Waals surface area contributed by atoms with Crippen molar-refractivity contribution >= 4 is 11.3 Å². The van der Waals surface area contributed by atoms with Crippen molar-refractivity contribution in [1.82, 2.24) is 15.2 Å². The molecule has 0 amide bonds. The molecule has 3 nitrogen and oxygen atoms in total. The number of thiazole rings is 1. The third kappa shape index (κ3) is 2.69. The topological polar surface area (TPSA) is 41.6 Å². The number of H-pyrrole nitrogens is 1. The fraction of sp³-hybridized carbons (Fsp3) is 0.143. The molecule has 0 bridgehead atoms. The summed E-state index contributed by atoms with van der Waals surface area (Å²) in [5.74, 6) is 0.